The monoisotopic (exact) mass is 489 g/mol. The number of nitrogens with one attached hydrogen (secondary N) is 1. The van der Waals surface area contributed by atoms with Crippen LogP contribution in [0.5, 0.6) is 5.88 Å². The number of nitrogens with zero attached hydrogens (tertiary/aromatic N) is 2. The van der Waals surface area contributed by atoms with E-state index in [1.807, 2.05) is 42.5 Å². The molecule has 5 rings (SSSR count). The number of hydrogen-bond acceptors (Lipinski definition) is 4. The molecule has 0 saturated heterocycles. The van der Waals surface area contributed by atoms with Crippen LogP contribution in [0.1, 0.15) is 63.0 Å². The van der Waals surface area contributed by atoms with Crippen molar-refractivity contribution in [3.05, 3.63) is 60.3 Å². The Bertz CT molecular complexity index is 1090. The Hall–Kier alpha value is -3.35. The average Bonchev–Trinajstić information content (AvgIpc) is 3.15. The molecule has 7 heteroatoms. The lowest BCUT2D eigenvalue weighted by Crippen LogP contribution is -2.41. The quantitative estimate of drug-likeness (QED) is 0.486. The zero-order valence-corrected chi connectivity index (χ0v) is 20.6. The van der Waals surface area contributed by atoms with Gasteiger partial charge in [-0.05, 0) is 87.0 Å². The third-order valence-corrected chi connectivity index (χ3v) is 8.01. The molecule has 3 aliphatic rings. The molecule has 0 bridgehead atoms. The third-order valence-electron chi connectivity index (χ3n) is 8.01. The van der Waals surface area contributed by atoms with Crippen molar-refractivity contribution < 1.29 is 19.4 Å². The van der Waals surface area contributed by atoms with Gasteiger partial charge in [-0.1, -0.05) is 30.4 Å². The maximum absolute atomic E-state index is 12.9. The number of ether oxygens (including phenoxy) is 1. The van der Waals surface area contributed by atoms with Crippen LogP contribution in [0, 0.1) is 17.8 Å². The summed E-state index contributed by atoms with van der Waals surface area (Å²) in [6.45, 7) is 0.901. The van der Waals surface area contributed by atoms with E-state index in [1.165, 1.54) is 0 Å². The van der Waals surface area contributed by atoms with E-state index in [9.17, 15) is 9.59 Å². The van der Waals surface area contributed by atoms with Crippen molar-refractivity contribution in [2.45, 2.75) is 57.3 Å². The fourth-order valence-electron chi connectivity index (χ4n) is 6.02. The van der Waals surface area contributed by atoms with Gasteiger partial charge in [0.2, 0.25) is 5.88 Å². The Labute approximate surface area is 212 Å². The molecule has 2 N–H and O–H groups in total. The molecule has 1 fully saturated rings. The van der Waals surface area contributed by atoms with Crippen molar-refractivity contribution >= 4 is 23.4 Å². The lowest BCUT2D eigenvalue weighted by molar-refractivity contribution is -0.138. The van der Waals surface area contributed by atoms with Gasteiger partial charge in [0.1, 0.15) is 12.3 Å². The first-order valence-corrected chi connectivity index (χ1v) is 13.2. The second kappa shape index (κ2) is 11.1. The Morgan fingerprint density at radius 2 is 1.83 bits per heavy atom. The minimum Gasteiger partial charge on any atom is -0.481 e. The fraction of sp³-hybridized carbons (Fsp3) is 0.483. The van der Waals surface area contributed by atoms with Gasteiger partial charge >= 0.3 is 12.0 Å². The van der Waals surface area contributed by atoms with Gasteiger partial charge in [0, 0.05) is 23.7 Å². The zero-order valence-electron chi connectivity index (χ0n) is 20.6. The van der Waals surface area contributed by atoms with E-state index in [2.05, 4.69) is 17.5 Å². The number of hydrogen-bond donors (Lipinski definition) is 2. The van der Waals surface area contributed by atoms with Crippen molar-refractivity contribution in [1.82, 2.24) is 4.98 Å². The normalized spacial score (nSPS) is 25.8. The van der Waals surface area contributed by atoms with Crippen molar-refractivity contribution in [2.75, 3.05) is 23.4 Å². The van der Waals surface area contributed by atoms with Gasteiger partial charge in [-0.15, -0.1) is 0 Å². The summed E-state index contributed by atoms with van der Waals surface area (Å²) in [5.74, 6) is 1.75. The highest BCUT2D eigenvalue weighted by Gasteiger charge is 2.30. The molecule has 1 saturated carbocycles. The summed E-state index contributed by atoms with van der Waals surface area (Å²) in [4.78, 5) is 30.5. The highest BCUT2D eigenvalue weighted by atomic mass is 16.5. The number of rotatable bonds is 5. The minimum atomic E-state index is -0.669. The number of carboxylic acid groups (broad SMARTS) is 1. The molecule has 36 heavy (non-hydrogen) atoms. The Balaban J connectivity index is 1.20. The highest BCUT2D eigenvalue weighted by Crippen LogP contribution is 2.41. The van der Waals surface area contributed by atoms with E-state index in [1.54, 1.807) is 4.90 Å². The van der Waals surface area contributed by atoms with E-state index < -0.39 is 5.97 Å². The molecular formula is C29H35N3O4. The lowest BCUT2D eigenvalue weighted by Gasteiger charge is -2.32. The van der Waals surface area contributed by atoms with Crippen LogP contribution in [0.15, 0.2) is 54.6 Å². The maximum atomic E-state index is 12.9. The van der Waals surface area contributed by atoms with Gasteiger partial charge < -0.3 is 15.2 Å². The first-order valence-electron chi connectivity index (χ1n) is 13.2. The molecule has 0 spiro atoms. The second-order valence-corrected chi connectivity index (χ2v) is 10.3. The molecule has 1 aromatic carbocycles. The number of amides is 2. The molecule has 1 aromatic heterocycles. The maximum Gasteiger partial charge on any atom is 0.326 e. The van der Waals surface area contributed by atoms with Crippen LogP contribution in [-0.4, -0.2) is 35.2 Å². The summed E-state index contributed by atoms with van der Waals surface area (Å²) in [5, 5.41) is 12.0. The van der Waals surface area contributed by atoms with Gasteiger partial charge in [0.25, 0.3) is 0 Å². The summed E-state index contributed by atoms with van der Waals surface area (Å²) in [5.41, 5.74) is 2.49. The predicted molar refractivity (Wildman–Crippen MR) is 139 cm³/mol. The van der Waals surface area contributed by atoms with Crippen molar-refractivity contribution in [1.29, 1.82) is 0 Å². The average molecular weight is 490 g/mol. The van der Waals surface area contributed by atoms with Gasteiger partial charge in [0.05, 0.1) is 6.54 Å². The molecule has 1 aliphatic heterocycles. The van der Waals surface area contributed by atoms with Crippen LogP contribution < -0.4 is 15.0 Å². The summed E-state index contributed by atoms with van der Waals surface area (Å²) in [6, 6.07) is 13.3. The fourth-order valence-corrected chi connectivity index (χ4v) is 6.02. The third kappa shape index (κ3) is 5.72. The van der Waals surface area contributed by atoms with Gasteiger partial charge in [-0.2, -0.15) is 0 Å². The topological polar surface area (TPSA) is 91.8 Å². The number of urea groups is 1. The number of aromatic nitrogens is 1. The number of carbonyl (C=O) groups excluding carboxylic acids is 1. The van der Waals surface area contributed by atoms with Gasteiger partial charge in [-0.3, -0.25) is 9.69 Å². The predicted octanol–water partition coefficient (Wildman–Crippen LogP) is 6.23. The van der Waals surface area contributed by atoms with Crippen LogP contribution in [-0.2, 0) is 4.79 Å². The standard InChI is InChI=1S/C29H35N3O4/c33-27(34)19-20-9-11-22(12-10-20)21-5-4-6-23(14-13-21)25-15-16-26-28(31-25)36-18-17-32(26)29(35)30-24-7-2-1-3-8-24/h1-5,7-8,15-16,20-23H,6,9-14,17-19H2,(H,30,35)(H,33,34). The smallest absolute Gasteiger partial charge is 0.326 e. The number of aliphatic carboxylic acids is 1. The molecule has 2 unspecified atom stereocenters. The van der Waals surface area contributed by atoms with Crippen LogP contribution in [0.3, 0.4) is 0 Å². The van der Waals surface area contributed by atoms with E-state index in [0.29, 0.717) is 54.8 Å². The molecule has 2 atom stereocenters. The summed E-state index contributed by atoms with van der Waals surface area (Å²) < 4.78 is 5.88. The van der Waals surface area contributed by atoms with E-state index >= 15 is 0 Å². The first kappa shape index (κ1) is 24.3. The van der Waals surface area contributed by atoms with E-state index in [4.69, 9.17) is 14.8 Å². The number of para-hydroxylation sites is 1. The van der Waals surface area contributed by atoms with Crippen molar-refractivity contribution in [3.8, 4) is 5.88 Å². The van der Waals surface area contributed by atoms with Gasteiger partial charge in [0.15, 0.2) is 0 Å². The summed E-state index contributed by atoms with van der Waals surface area (Å²) in [6.07, 6.45) is 12.5. The van der Waals surface area contributed by atoms with Crippen molar-refractivity contribution in [3.63, 3.8) is 0 Å². The number of anilines is 2. The number of fused-ring (bicyclic) bond motifs is 1. The molecule has 190 valence electrons. The first-order chi connectivity index (χ1) is 17.6. The molecule has 2 aliphatic carbocycles. The highest BCUT2D eigenvalue weighted by molar-refractivity contribution is 6.02. The number of allylic oxidation sites excluding steroid dienone is 2. The second-order valence-electron chi connectivity index (χ2n) is 10.3. The largest absolute Gasteiger partial charge is 0.481 e. The summed E-state index contributed by atoms with van der Waals surface area (Å²) >= 11 is 0. The molecule has 0 radical (unpaired) electrons. The lowest BCUT2D eigenvalue weighted by atomic mass is 9.73. The molecular weight excluding hydrogens is 454 g/mol. The van der Waals surface area contributed by atoms with Crippen LogP contribution in [0.25, 0.3) is 0 Å². The molecule has 2 aromatic rings. The Morgan fingerprint density at radius 3 is 2.61 bits per heavy atom. The SMILES string of the molecule is O=C(O)CC1CCC(C2C=CCC(c3ccc4c(n3)OCCN4C(=O)Nc3ccccc3)CC2)CC1. The number of carbonyl (C=O) groups is 2. The molecule has 2 amide bonds. The number of benzene rings is 1. The summed E-state index contributed by atoms with van der Waals surface area (Å²) in [7, 11) is 0. The van der Waals surface area contributed by atoms with Crippen LogP contribution in [0.4, 0.5) is 16.2 Å². The Morgan fingerprint density at radius 1 is 1.03 bits per heavy atom. The minimum absolute atomic E-state index is 0.182. The van der Waals surface area contributed by atoms with Gasteiger partial charge in [-0.25, -0.2) is 9.78 Å². The number of carboxylic acids is 1. The number of pyridine rings is 1. The Kier molecular flexibility index (Phi) is 7.54. The molecule has 7 nitrogen and oxygen atoms in total. The van der Waals surface area contributed by atoms with E-state index in [-0.39, 0.29) is 6.03 Å². The molecule has 2 heterocycles. The van der Waals surface area contributed by atoms with Crippen LogP contribution in [0.2, 0.25) is 0 Å². The zero-order chi connectivity index (χ0) is 24.9. The van der Waals surface area contributed by atoms with E-state index in [0.717, 1.165) is 56.3 Å². The van der Waals surface area contributed by atoms with Crippen molar-refractivity contribution in [2.24, 2.45) is 17.8 Å². The van der Waals surface area contributed by atoms with Crippen LogP contribution >= 0.6 is 0 Å².